The molecule has 0 bridgehead atoms. The van der Waals surface area contributed by atoms with Gasteiger partial charge in [-0.3, -0.25) is 14.7 Å². The number of imide groups is 1. The van der Waals surface area contributed by atoms with Crippen LogP contribution in [0.25, 0.3) is 11.7 Å². The Bertz CT molecular complexity index is 1170. The third kappa shape index (κ3) is 3.41. The lowest BCUT2D eigenvalue weighted by Crippen LogP contribution is -2.25. The molecule has 0 aromatic carbocycles. The number of rotatable bonds is 6. The van der Waals surface area contributed by atoms with Crippen LogP contribution in [0.15, 0.2) is 36.4 Å². The van der Waals surface area contributed by atoms with Crippen LogP contribution in [0.2, 0.25) is 0 Å². The average molecular weight is 405 g/mol. The van der Waals surface area contributed by atoms with Crippen molar-refractivity contribution in [1.29, 1.82) is 0 Å². The molecule has 11 heteroatoms. The van der Waals surface area contributed by atoms with Gasteiger partial charge in [0.1, 0.15) is 5.70 Å². The highest BCUT2D eigenvalue weighted by atomic mass is 16.2. The summed E-state index contributed by atoms with van der Waals surface area (Å²) in [6.45, 7) is 0.511. The van der Waals surface area contributed by atoms with E-state index in [2.05, 4.69) is 36.0 Å². The van der Waals surface area contributed by atoms with Gasteiger partial charge >= 0.3 is 6.03 Å². The van der Waals surface area contributed by atoms with E-state index in [0.29, 0.717) is 35.7 Å². The molecule has 152 valence electrons. The Morgan fingerprint density at radius 3 is 2.83 bits per heavy atom. The molecule has 1 saturated carbocycles. The Morgan fingerprint density at radius 1 is 1.27 bits per heavy atom. The predicted molar refractivity (Wildman–Crippen MR) is 108 cm³/mol. The molecule has 3 aromatic heterocycles. The van der Waals surface area contributed by atoms with Gasteiger partial charge in [-0.05, 0) is 30.5 Å². The molecule has 0 atom stereocenters. The largest absolute Gasteiger partial charge is 0.351 e. The van der Waals surface area contributed by atoms with Crippen molar-refractivity contribution in [2.24, 2.45) is 0 Å². The SMILES string of the molecule is CN1C(=O)N/C(=C\c2cnn3c(NC4CC4)nc(NCc4cccnc4)nc23)C1=O. The smallest absolute Gasteiger partial charge is 0.328 e. The third-order valence-corrected chi connectivity index (χ3v) is 4.86. The molecule has 30 heavy (non-hydrogen) atoms. The molecule has 2 aliphatic rings. The molecule has 2 fully saturated rings. The zero-order chi connectivity index (χ0) is 20.7. The number of carbonyl (C=O) groups is 2. The second kappa shape index (κ2) is 7.10. The molecule has 3 amide bonds. The third-order valence-electron chi connectivity index (χ3n) is 4.86. The first-order chi connectivity index (χ1) is 14.6. The molecular weight excluding hydrogens is 386 g/mol. The minimum atomic E-state index is -0.465. The second-order valence-corrected chi connectivity index (χ2v) is 7.19. The van der Waals surface area contributed by atoms with Crippen molar-refractivity contribution in [3.05, 3.63) is 47.5 Å². The maximum Gasteiger partial charge on any atom is 0.328 e. The number of anilines is 2. The van der Waals surface area contributed by atoms with Crippen LogP contribution in [0.4, 0.5) is 16.7 Å². The summed E-state index contributed by atoms with van der Waals surface area (Å²) < 4.78 is 1.60. The molecule has 4 heterocycles. The Kier molecular flexibility index (Phi) is 4.27. The lowest BCUT2D eigenvalue weighted by atomic mass is 10.2. The number of aromatic nitrogens is 5. The fourth-order valence-electron chi connectivity index (χ4n) is 3.04. The van der Waals surface area contributed by atoms with Gasteiger partial charge < -0.3 is 16.0 Å². The summed E-state index contributed by atoms with van der Waals surface area (Å²) in [4.78, 5) is 38.2. The lowest BCUT2D eigenvalue weighted by Gasteiger charge is -2.10. The average Bonchev–Trinajstić information content (AvgIpc) is 3.44. The highest BCUT2D eigenvalue weighted by Crippen LogP contribution is 2.26. The van der Waals surface area contributed by atoms with Gasteiger partial charge in [-0.15, -0.1) is 0 Å². The molecule has 0 spiro atoms. The summed E-state index contributed by atoms with van der Waals surface area (Å²) in [6.07, 6.45) is 8.82. The van der Waals surface area contributed by atoms with Crippen LogP contribution in [0.1, 0.15) is 24.0 Å². The van der Waals surface area contributed by atoms with Crippen molar-refractivity contribution in [2.75, 3.05) is 17.7 Å². The number of likely N-dealkylation sites (N-methyl/N-ethyl adjacent to an activating group) is 1. The van der Waals surface area contributed by atoms with E-state index in [4.69, 9.17) is 0 Å². The Morgan fingerprint density at radius 2 is 2.13 bits per heavy atom. The van der Waals surface area contributed by atoms with Gasteiger partial charge in [0, 0.05) is 37.6 Å². The molecule has 1 aliphatic carbocycles. The van der Waals surface area contributed by atoms with Crippen molar-refractivity contribution in [1.82, 2.24) is 34.8 Å². The quantitative estimate of drug-likeness (QED) is 0.412. The zero-order valence-corrected chi connectivity index (χ0v) is 16.2. The van der Waals surface area contributed by atoms with Crippen LogP contribution in [0, 0.1) is 0 Å². The van der Waals surface area contributed by atoms with Gasteiger partial charge in [0.05, 0.1) is 6.20 Å². The minimum absolute atomic E-state index is 0.178. The van der Waals surface area contributed by atoms with E-state index < -0.39 is 11.9 Å². The second-order valence-electron chi connectivity index (χ2n) is 7.19. The van der Waals surface area contributed by atoms with Gasteiger partial charge in [-0.2, -0.15) is 19.6 Å². The van der Waals surface area contributed by atoms with Crippen LogP contribution >= 0.6 is 0 Å². The number of fused-ring (bicyclic) bond motifs is 1. The monoisotopic (exact) mass is 405 g/mol. The summed E-state index contributed by atoms with van der Waals surface area (Å²) in [5.41, 5.74) is 2.29. The van der Waals surface area contributed by atoms with Gasteiger partial charge in [-0.25, -0.2) is 4.79 Å². The molecular formula is C19H19N9O2. The molecule has 3 aromatic rings. The summed E-state index contributed by atoms with van der Waals surface area (Å²) >= 11 is 0. The molecule has 11 nitrogen and oxygen atoms in total. The standard InChI is InChI=1S/C19H19N9O2/c1-27-16(29)14(24-19(27)30)7-12-10-22-28-15(12)25-17(26-18(28)23-13-4-5-13)21-9-11-3-2-6-20-8-11/h2-3,6-8,10,13H,4-5,9H2,1H3,(H,24,30)(H2,21,23,25,26)/b14-7-. The number of hydrogen-bond acceptors (Lipinski definition) is 8. The van der Waals surface area contributed by atoms with Crippen LogP contribution in [-0.4, -0.2) is 54.5 Å². The zero-order valence-electron chi connectivity index (χ0n) is 16.2. The summed E-state index contributed by atoms with van der Waals surface area (Å²) in [5.74, 6) is 0.591. The van der Waals surface area contributed by atoms with E-state index in [-0.39, 0.29) is 5.70 Å². The minimum Gasteiger partial charge on any atom is -0.351 e. The fourth-order valence-corrected chi connectivity index (χ4v) is 3.04. The van der Waals surface area contributed by atoms with E-state index in [1.807, 2.05) is 12.1 Å². The first-order valence-electron chi connectivity index (χ1n) is 9.54. The van der Waals surface area contributed by atoms with Crippen molar-refractivity contribution >= 4 is 35.6 Å². The number of nitrogens with zero attached hydrogens (tertiary/aromatic N) is 6. The van der Waals surface area contributed by atoms with E-state index in [0.717, 1.165) is 23.3 Å². The van der Waals surface area contributed by atoms with Crippen LogP contribution in [0.5, 0.6) is 0 Å². The van der Waals surface area contributed by atoms with E-state index >= 15 is 0 Å². The summed E-state index contributed by atoms with van der Waals surface area (Å²) in [7, 11) is 1.43. The number of amides is 3. The van der Waals surface area contributed by atoms with Crippen LogP contribution < -0.4 is 16.0 Å². The highest BCUT2D eigenvalue weighted by Gasteiger charge is 2.30. The van der Waals surface area contributed by atoms with Crippen molar-refractivity contribution in [3.8, 4) is 0 Å². The number of urea groups is 1. The van der Waals surface area contributed by atoms with Gasteiger partial charge in [-0.1, -0.05) is 6.07 Å². The van der Waals surface area contributed by atoms with Crippen molar-refractivity contribution in [2.45, 2.75) is 25.4 Å². The molecule has 1 aliphatic heterocycles. The lowest BCUT2D eigenvalue weighted by molar-refractivity contribution is -0.121. The highest BCUT2D eigenvalue weighted by molar-refractivity contribution is 6.13. The number of pyridine rings is 1. The van der Waals surface area contributed by atoms with E-state index in [1.54, 1.807) is 29.2 Å². The summed E-state index contributed by atoms with van der Waals surface area (Å²) in [5, 5.41) is 13.5. The maximum absolute atomic E-state index is 12.2. The first-order valence-corrected chi connectivity index (χ1v) is 9.54. The van der Waals surface area contributed by atoms with Crippen LogP contribution in [0.3, 0.4) is 0 Å². The Labute approximate surface area is 171 Å². The molecule has 3 N–H and O–H groups in total. The molecule has 0 radical (unpaired) electrons. The number of carbonyl (C=O) groups excluding carboxylic acids is 2. The van der Waals surface area contributed by atoms with Gasteiger partial charge in [0.15, 0.2) is 5.65 Å². The molecule has 5 rings (SSSR count). The van der Waals surface area contributed by atoms with Gasteiger partial charge in [0.2, 0.25) is 11.9 Å². The molecule has 0 unspecified atom stereocenters. The van der Waals surface area contributed by atoms with Crippen molar-refractivity contribution in [3.63, 3.8) is 0 Å². The fraction of sp³-hybridized carbons (Fsp3) is 0.263. The van der Waals surface area contributed by atoms with E-state index in [9.17, 15) is 9.59 Å². The molecule has 1 saturated heterocycles. The Hall–Kier alpha value is -4.02. The van der Waals surface area contributed by atoms with Crippen molar-refractivity contribution < 1.29 is 9.59 Å². The number of hydrogen-bond donors (Lipinski definition) is 3. The first kappa shape index (κ1) is 18.0. The van der Waals surface area contributed by atoms with Crippen LogP contribution in [-0.2, 0) is 11.3 Å². The topological polar surface area (TPSA) is 129 Å². The maximum atomic E-state index is 12.2. The summed E-state index contributed by atoms with van der Waals surface area (Å²) in [6, 6.07) is 3.73. The predicted octanol–water partition coefficient (Wildman–Crippen LogP) is 1.23. The normalized spacial score (nSPS) is 17.6. The van der Waals surface area contributed by atoms with Gasteiger partial charge in [0.25, 0.3) is 5.91 Å². The Balaban J connectivity index is 1.51. The number of nitrogens with one attached hydrogen (secondary N) is 3. The van der Waals surface area contributed by atoms with E-state index in [1.165, 1.54) is 7.05 Å².